The number of nitrogens with one attached hydrogen (secondary N) is 1. The van der Waals surface area contributed by atoms with Crippen molar-refractivity contribution in [1.29, 1.82) is 0 Å². The number of esters is 1. The van der Waals surface area contributed by atoms with E-state index >= 15 is 0 Å². The first-order valence-electron chi connectivity index (χ1n) is 7.21. The Labute approximate surface area is 123 Å². The lowest BCUT2D eigenvalue weighted by atomic mass is 9.57. The Balaban J connectivity index is 1.83. The fraction of sp³-hybridized carbons (Fsp3) is 0.562. The molecule has 1 aliphatic carbocycles. The number of ether oxygens (including phenoxy) is 2. The van der Waals surface area contributed by atoms with E-state index in [1.807, 2.05) is 0 Å². The molecule has 1 saturated carbocycles. The summed E-state index contributed by atoms with van der Waals surface area (Å²) in [5.74, 6) is -0.421. The number of fused-ring (bicyclic) bond motifs is 1. The van der Waals surface area contributed by atoms with E-state index in [9.17, 15) is 9.18 Å². The quantitative estimate of drug-likeness (QED) is 0.871. The molecular weight excluding hydrogens is 273 g/mol. The minimum Gasteiger partial charge on any atom is -0.465 e. The van der Waals surface area contributed by atoms with Gasteiger partial charge in [0.25, 0.3) is 0 Å². The third kappa shape index (κ3) is 2.20. The summed E-state index contributed by atoms with van der Waals surface area (Å²) >= 11 is 0. The minimum absolute atomic E-state index is 0.0467. The summed E-state index contributed by atoms with van der Waals surface area (Å²) in [5, 5.41) is 3.26. The molecular formula is C16H20FNO3. The van der Waals surface area contributed by atoms with E-state index in [1.54, 1.807) is 0 Å². The predicted octanol–water partition coefficient (Wildman–Crippen LogP) is 2.84. The van der Waals surface area contributed by atoms with E-state index in [4.69, 9.17) is 4.74 Å². The van der Waals surface area contributed by atoms with Crippen LogP contribution in [0.3, 0.4) is 0 Å². The molecule has 1 saturated heterocycles. The van der Waals surface area contributed by atoms with Gasteiger partial charge in [0.2, 0.25) is 0 Å². The van der Waals surface area contributed by atoms with E-state index in [0.717, 1.165) is 13.0 Å². The molecule has 3 rings (SSSR count). The molecule has 2 aliphatic rings. The predicted molar refractivity (Wildman–Crippen MR) is 76.8 cm³/mol. The summed E-state index contributed by atoms with van der Waals surface area (Å²) < 4.78 is 24.4. The Morgan fingerprint density at radius 3 is 2.95 bits per heavy atom. The van der Waals surface area contributed by atoms with Crippen molar-refractivity contribution in [2.45, 2.75) is 32.4 Å². The second-order valence-electron chi connectivity index (χ2n) is 6.37. The number of hydrogen-bond donors (Lipinski definition) is 1. The summed E-state index contributed by atoms with van der Waals surface area (Å²) in [6, 6.07) is 4.38. The molecule has 0 spiro atoms. The van der Waals surface area contributed by atoms with Crippen LogP contribution < -0.4 is 5.32 Å². The first-order valence-corrected chi connectivity index (χ1v) is 7.21. The Morgan fingerprint density at radius 2 is 2.24 bits per heavy atom. The zero-order valence-electron chi connectivity index (χ0n) is 12.5. The van der Waals surface area contributed by atoms with Crippen molar-refractivity contribution in [3.63, 3.8) is 0 Å². The molecule has 1 aromatic carbocycles. The van der Waals surface area contributed by atoms with Crippen molar-refractivity contribution in [2.24, 2.45) is 11.3 Å². The number of rotatable bonds is 3. The van der Waals surface area contributed by atoms with Crippen LogP contribution in [0.15, 0.2) is 18.2 Å². The van der Waals surface area contributed by atoms with Crippen molar-refractivity contribution in [3.05, 3.63) is 29.6 Å². The van der Waals surface area contributed by atoms with Gasteiger partial charge in [0, 0.05) is 24.0 Å². The largest absolute Gasteiger partial charge is 0.465 e. The van der Waals surface area contributed by atoms with E-state index in [2.05, 4.69) is 23.9 Å². The van der Waals surface area contributed by atoms with Crippen molar-refractivity contribution in [2.75, 3.05) is 19.0 Å². The van der Waals surface area contributed by atoms with Gasteiger partial charge in [0.05, 0.1) is 24.5 Å². The zero-order chi connectivity index (χ0) is 15.2. The van der Waals surface area contributed by atoms with Crippen LogP contribution in [0.5, 0.6) is 0 Å². The van der Waals surface area contributed by atoms with E-state index in [0.29, 0.717) is 17.2 Å². The van der Waals surface area contributed by atoms with Gasteiger partial charge in [-0.15, -0.1) is 0 Å². The highest BCUT2D eigenvalue weighted by Gasteiger charge is 2.59. The summed E-state index contributed by atoms with van der Waals surface area (Å²) in [7, 11) is 1.31. The molecule has 1 N–H and O–H groups in total. The lowest BCUT2D eigenvalue weighted by Crippen LogP contribution is -2.63. The fourth-order valence-corrected chi connectivity index (χ4v) is 3.67. The van der Waals surface area contributed by atoms with Gasteiger partial charge >= 0.3 is 5.97 Å². The molecule has 3 unspecified atom stereocenters. The first-order chi connectivity index (χ1) is 9.95. The number of benzene rings is 1. The van der Waals surface area contributed by atoms with Gasteiger partial charge in [-0.1, -0.05) is 13.8 Å². The van der Waals surface area contributed by atoms with Gasteiger partial charge in [-0.25, -0.2) is 9.18 Å². The fourth-order valence-electron chi connectivity index (χ4n) is 3.67. The SMILES string of the molecule is COC(=O)c1ccc(F)c(NC2C3CCOC3C2(C)C)c1. The van der Waals surface area contributed by atoms with Crippen LogP contribution in [0.2, 0.25) is 0 Å². The summed E-state index contributed by atoms with van der Waals surface area (Å²) in [4.78, 5) is 11.6. The van der Waals surface area contributed by atoms with Crippen molar-refractivity contribution in [3.8, 4) is 0 Å². The highest BCUT2D eigenvalue weighted by Crippen LogP contribution is 2.53. The lowest BCUT2D eigenvalue weighted by Gasteiger charge is -2.55. The molecule has 1 aromatic rings. The average Bonchev–Trinajstić information content (AvgIpc) is 2.92. The van der Waals surface area contributed by atoms with Crippen LogP contribution in [0.25, 0.3) is 0 Å². The van der Waals surface area contributed by atoms with Crippen LogP contribution in [-0.4, -0.2) is 31.8 Å². The molecule has 2 fully saturated rings. The third-order valence-corrected chi connectivity index (χ3v) is 4.80. The summed E-state index contributed by atoms with van der Waals surface area (Å²) in [6.07, 6.45) is 1.23. The molecule has 114 valence electrons. The van der Waals surface area contributed by atoms with Gasteiger partial charge in [-0.2, -0.15) is 0 Å². The number of methoxy groups -OCH3 is 1. The van der Waals surface area contributed by atoms with E-state index in [1.165, 1.54) is 25.3 Å². The van der Waals surface area contributed by atoms with Gasteiger partial charge in [-0.3, -0.25) is 0 Å². The molecule has 3 atom stereocenters. The molecule has 21 heavy (non-hydrogen) atoms. The maximum Gasteiger partial charge on any atom is 0.337 e. The monoisotopic (exact) mass is 293 g/mol. The van der Waals surface area contributed by atoms with Crippen LogP contribution in [0.1, 0.15) is 30.6 Å². The molecule has 1 aliphatic heterocycles. The summed E-state index contributed by atoms with van der Waals surface area (Å²) in [5.41, 5.74) is 0.647. The van der Waals surface area contributed by atoms with Gasteiger partial charge in [-0.05, 0) is 24.6 Å². The van der Waals surface area contributed by atoms with Crippen molar-refractivity contribution in [1.82, 2.24) is 0 Å². The maximum atomic E-state index is 14.0. The Hall–Kier alpha value is -1.62. The van der Waals surface area contributed by atoms with Crippen LogP contribution in [0, 0.1) is 17.2 Å². The number of anilines is 1. The number of hydrogen-bond acceptors (Lipinski definition) is 4. The smallest absolute Gasteiger partial charge is 0.337 e. The van der Waals surface area contributed by atoms with Crippen molar-refractivity contribution < 1.29 is 18.7 Å². The average molecular weight is 293 g/mol. The van der Waals surface area contributed by atoms with Crippen LogP contribution in [-0.2, 0) is 9.47 Å². The zero-order valence-corrected chi connectivity index (χ0v) is 12.5. The third-order valence-electron chi connectivity index (χ3n) is 4.80. The van der Waals surface area contributed by atoms with E-state index < -0.39 is 5.97 Å². The molecule has 0 radical (unpaired) electrons. The first kappa shape index (κ1) is 14.3. The molecule has 0 amide bonds. The molecule has 1 heterocycles. The molecule has 0 aromatic heterocycles. The Morgan fingerprint density at radius 1 is 1.48 bits per heavy atom. The number of halogens is 1. The van der Waals surface area contributed by atoms with Crippen LogP contribution >= 0.6 is 0 Å². The molecule has 4 nitrogen and oxygen atoms in total. The molecule has 0 bridgehead atoms. The second kappa shape index (κ2) is 4.98. The summed E-state index contributed by atoms with van der Waals surface area (Å²) in [6.45, 7) is 5.01. The standard InChI is InChI=1S/C16H20FNO3/c1-16(2)13(10-6-7-21-14(10)16)18-12-8-9(15(19)20-3)4-5-11(12)17/h4-5,8,10,13-14,18H,6-7H2,1-3H3. The maximum absolute atomic E-state index is 14.0. The highest BCUT2D eigenvalue weighted by molar-refractivity contribution is 5.90. The number of carbonyl (C=O) groups is 1. The number of carbonyl (C=O) groups excluding carboxylic acids is 1. The topological polar surface area (TPSA) is 47.6 Å². The molecule has 5 heteroatoms. The van der Waals surface area contributed by atoms with E-state index in [-0.39, 0.29) is 23.4 Å². The highest BCUT2D eigenvalue weighted by atomic mass is 19.1. The van der Waals surface area contributed by atoms with Crippen molar-refractivity contribution >= 4 is 11.7 Å². The lowest BCUT2D eigenvalue weighted by molar-refractivity contribution is -0.0923. The Bertz CT molecular complexity index is 573. The Kier molecular flexibility index (Phi) is 3.40. The van der Waals surface area contributed by atoms with Gasteiger partial charge in [0.1, 0.15) is 5.82 Å². The minimum atomic E-state index is -0.465. The van der Waals surface area contributed by atoms with Gasteiger partial charge < -0.3 is 14.8 Å². The normalized spacial score (nSPS) is 29.4. The second-order valence-corrected chi connectivity index (χ2v) is 6.37. The van der Waals surface area contributed by atoms with Gasteiger partial charge in [0.15, 0.2) is 0 Å². The van der Waals surface area contributed by atoms with Crippen LogP contribution in [0.4, 0.5) is 10.1 Å².